The monoisotopic (exact) mass is 469 g/mol. The van der Waals surface area contributed by atoms with Crippen LogP contribution in [0.15, 0.2) is 72.8 Å². The molecule has 0 aliphatic carbocycles. The summed E-state index contributed by atoms with van der Waals surface area (Å²) in [6.45, 7) is 6.41. The van der Waals surface area contributed by atoms with Crippen LogP contribution in [-0.4, -0.2) is 35.2 Å². The molecule has 0 bridgehead atoms. The van der Waals surface area contributed by atoms with Crippen molar-refractivity contribution in [2.45, 2.75) is 39.2 Å². The third-order valence-corrected chi connectivity index (χ3v) is 6.55. The van der Waals surface area contributed by atoms with Gasteiger partial charge in [-0.1, -0.05) is 43.3 Å². The fraction of sp³-hybridized carbons (Fsp3) is 0.310. The standard InChI is InChI=1S/C29H31N3O3/c1-3-21-13-15-23(16-14-21)35-18-17-31-25-10-6-5-9-24(25)30-29(31)22-19-28(33)32(20-22)26-11-7-8-12-27(26)34-4-2/h5-16,22H,3-4,17-20H2,1-2H3/t22-/m0/s1. The Hall–Kier alpha value is -3.80. The quantitative estimate of drug-likeness (QED) is 0.320. The van der Waals surface area contributed by atoms with Crippen molar-refractivity contribution in [1.82, 2.24) is 9.55 Å². The summed E-state index contributed by atoms with van der Waals surface area (Å²) in [6.07, 6.45) is 1.43. The van der Waals surface area contributed by atoms with Crippen LogP contribution >= 0.6 is 0 Å². The maximum atomic E-state index is 13.1. The van der Waals surface area contributed by atoms with E-state index in [0.717, 1.165) is 40.5 Å². The molecule has 6 nitrogen and oxygen atoms in total. The largest absolute Gasteiger partial charge is 0.492 e. The first-order chi connectivity index (χ1) is 17.2. The molecule has 3 aromatic carbocycles. The minimum atomic E-state index is -0.00609. The van der Waals surface area contributed by atoms with E-state index in [0.29, 0.717) is 32.7 Å². The van der Waals surface area contributed by atoms with Gasteiger partial charge in [-0.2, -0.15) is 0 Å². The molecule has 1 aliphatic heterocycles. The molecule has 6 heteroatoms. The predicted octanol–water partition coefficient (Wildman–Crippen LogP) is 5.60. The predicted molar refractivity (Wildman–Crippen MR) is 138 cm³/mol. The number of imidazole rings is 1. The Labute approximate surface area is 206 Å². The van der Waals surface area contributed by atoms with Gasteiger partial charge in [-0.15, -0.1) is 0 Å². The lowest BCUT2D eigenvalue weighted by Gasteiger charge is -2.20. The molecule has 0 spiro atoms. The molecule has 0 saturated carbocycles. The molecule has 0 radical (unpaired) electrons. The van der Waals surface area contributed by atoms with Crippen LogP contribution in [-0.2, 0) is 17.8 Å². The lowest BCUT2D eigenvalue weighted by atomic mass is 10.1. The molecule has 0 unspecified atom stereocenters. The Morgan fingerprint density at radius 2 is 1.71 bits per heavy atom. The van der Waals surface area contributed by atoms with E-state index in [1.54, 1.807) is 0 Å². The van der Waals surface area contributed by atoms with Crippen LogP contribution in [0.4, 0.5) is 5.69 Å². The van der Waals surface area contributed by atoms with Gasteiger partial charge in [0.25, 0.3) is 0 Å². The zero-order chi connectivity index (χ0) is 24.2. The highest BCUT2D eigenvalue weighted by molar-refractivity contribution is 5.97. The van der Waals surface area contributed by atoms with E-state index in [9.17, 15) is 4.79 Å². The number of rotatable bonds is 9. The fourth-order valence-corrected chi connectivity index (χ4v) is 4.79. The number of benzene rings is 3. The summed E-state index contributed by atoms with van der Waals surface area (Å²) in [5.74, 6) is 2.62. The van der Waals surface area contributed by atoms with E-state index in [1.807, 2.05) is 66.4 Å². The molecule has 1 aromatic heterocycles. The van der Waals surface area contributed by atoms with Gasteiger partial charge in [0, 0.05) is 18.9 Å². The van der Waals surface area contributed by atoms with Crippen LogP contribution in [0, 0.1) is 0 Å². The minimum absolute atomic E-state index is 0.00609. The van der Waals surface area contributed by atoms with Gasteiger partial charge in [0.2, 0.25) is 5.91 Å². The van der Waals surface area contributed by atoms with Gasteiger partial charge < -0.3 is 18.9 Å². The summed E-state index contributed by atoms with van der Waals surface area (Å²) in [6, 6.07) is 24.1. The molecule has 4 aromatic rings. The zero-order valence-corrected chi connectivity index (χ0v) is 20.3. The highest BCUT2D eigenvalue weighted by Crippen LogP contribution is 2.37. The molecular weight excluding hydrogens is 438 g/mol. The molecular formula is C29H31N3O3. The topological polar surface area (TPSA) is 56.6 Å². The van der Waals surface area contributed by atoms with Crippen LogP contribution in [0.3, 0.4) is 0 Å². The molecule has 1 fully saturated rings. The van der Waals surface area contributed by atoms with E-state index in [1.165, 1.54) is 5.56 Å². The molecule has 1 amide bonds. The van der Waals surface area contributed by atoms with Crippen LogP contribution < -0.4 is 14.4 Å². The second-order valence-electron chi connectivity index (χ2n) is 8.76. The van der Waals surface area contributed by atoms with Gasteiger partial charge in [0.05, 0.1) is 29.9 Å². The van der Waals surface area contributed by atoms with Crippen molar-refractivity contribution in [1.29, 1.82) is 0 Å². The number of aryl methyl sites for hydroxylation is 1. The van der Waals surface area contributed by atoms with Gasteiger partial charge in [-0.25, -0.2) is 4.98 Å². The Kier molecular flexibility index (Phi) is 6.70. The fourth-order valence-electron chi connectivity index (χ4n) is 4.79. The van der Waals surface area contributed by atoms with Crippen LogP contribution in [0.1, 0.15) is 37.6 Å². The Bertz CT molecular complexity index is 1310. The van der Waals surface area contributed by atoms with Crippen molar-refractivity contribution >= 4 is 22.6 Å². The first kappa shape index (κ1) is 23.0. The summed E-state index contributed by atoms with van der Waals surface area (Å²) < 4.78 is 14.1. The van der Waals surface area contributed by atoms with Crippen LogP contribution in [0.5, 0.6) is 11.5 Å². The number of amides is 1. The number of carbonyl (C=O) groups is 1. The van der Waals surface area contributed by atoms with Gasteiger partial charge >= 0.3 is 0 Å². The maximum Gasteiger partial charge on any atom is 0.227 e. The van der Waals surface area contributed by atoms with Gasteiger partial charge in [0.15, 0.2) is 0 Å². The van der Waals surface area contributed by atoms with Crippen molar-refractivity contribution in [2.24, 2.45) is 0 Å². The second-order valence-corrected chi connectivity index (χ2v) is 8.76. The van der Waals surface area contributed by atoms with Crippen LogP contribution in [0.2, 0.25) is 0 Å². The lowest BCUT2D eigenvalue weighted by molar-refractivity contribution is -0.117. The van der Waals surface area contributed by atoms with Crippen molar-refractivity contribution in [3.63, 3.8) is 0 Å². The highest BCUT2D eigenvalue weighted by Gasteiger charge is 2.36. The molecule has 35 heavy (non-hydrogen) atoms. The number of anilines is 1. The summed E-state index contributed by atoms with van der Waals surface area (Å²) in [7, 11) is 0. The average molecular weight is 470 g/mol. The smallest absolute Gasteiger partial charge is 0.227 e. The minimum Gasteiger partial charge on any atom is -0.492 e. The summed E-state index contributed by atoms with van der Waals surface area (Å²) in [5, 5.41) is 0. The van der Waals surface area contributed by atoms with Crippen molar-refractivity contribution < 1.29 is 14.3 Å². The average Bonchev–Trinajstić information content (AvgIpc) is 3.45. The van der Waals surface area contributed by atoms with E-state index in [2.05, 4.69) is 29.7 Å². The van der Waals surface area contributed by atoms with E-state index in [4.69, 9.17) is 14.5 Å². The molecule has 5 rings (SSSR count). The molecule has 1 saturated heterocycles. The number of ether oxygens (including phenoxy) is 2. The summed E-state index contributed by atoms with van der Waals surface area (Å²) in [4.78, 5) is 19.9. The second kappa shape index (κ2) is 10.2. The van der Waals surface area contributed by atoms with E-state index < -0.39 is 0 Å². The van der Waals surface area contributed by atoms with E-state index >= 15 is 0 Å². The molecule has 1 atom stereocenters. The first-order valence-corrected chi connectivity index (χ1v) is 12.4. The lowest BCUT2D eigenvalue weighted by Crippen LogP contribution is -2.25. The normalized spacial score (nSPS) is 15.7. The molecule has 0 N–H and O–H groups in total. The van der Waals surface area contributed by atoms with Crippen LogP contribution in [0.25, 0.3) is 11.0 Å². The highest BCUT2D eigenvalue weighted by atomic mass is 16.5. The zero-order valence-electron chi connectivity index (χ0n) is 20.3. The van der Waals surface area contributed by atoms with Crippen molar-refractivity contribution in [3.05, 3.63) is 84.2 Å². The first-order valence-electron chi connectivity index (χ1n) is 12.4. The number of hydrogen-bond acceptors (Lipinski definition) is 4. The van der Waals surface area contributed by atoms with Gasteiger partial charge in [0.1, 0.15) is 23.9 Å². The van der Waals surface area contributed by atoms with Gasteiger partial charge in [-0.05, 0) is 55.3 Å². The molecule has 1 aliphatic rings. The van der Waals surface area contributed by atoms with E-state index in [-0.39, 0.29) is 11.8 Å². The third kappa shape index (κ3) is 4.74. The number of nitrogens with zero attached hydrogens (tertiary/aromatic N) is 3. The Morgan fingerprint density at radius 1 is 0.943 bits per heavy atom. The third-order valence-electron chi connectivity index (χ3n) is 6.55. The summed E-state index contributed by atoms with van der Waals surface area (Å²) >= 11 is 0. The summed E-state index contributed by atoms with van der Waals surface area (Å²) in [5.41, 5.74) is 4.12. The van der Waals surface area contributed by atoms with Crippen molar-refractivity contribution in [3.8, 4) is 11.5 Å². The number of fused-ring (bicyclic) bond motifs is 1. The number of carbonyl (C=O) groups excluding carboxylic acids is 1. The number of hydrogen-bond donors (Lipinski definition) is 0. The Balaban J connectivity index is 1.38. The molecule has 2 heterocycles. The Morgan fingerprint density at radius 3 is 2.51 bits per heavy atom. The molecule has 180 valence electrons. The number of para-hydroxylation sites is 4. The number of aromatic nitrogens is 2. The van der Waals surface area contributed by atoms with Crippen molar-refractivity contribution in [2.75, 3.05) is 24.7 Å². The maximum absolute atomic E-state index is 13.1. The SMILES string of the molecule is CCOc1ccccc1N1C[C@@H](c2nc3ccccc3n2CCOc2ccc(CC)cc2)CC1=O. The van der Waals surface area contributed by atoms with Gasteiger partial charge in [-0.3, -0.25) is 4.79 Å².